The van der Waals surface area contributed by atoms with Gasteiger partial charge >= 0.3 is 0 Å². The zero-order chi connectivity index (χ0) is 18.0. The minimum atomic E-state index is -3.42. The van der Waals surface area contributed by atoms with E-state index >= 15 is 0 Å². The van der Waals surface area contributed by atoms with Crippen LogP contribution in [0.4, 0.5) is 0 Å². The van der Waals surface area contributed by atoms with Crippen LogP contribution >= 0.6 is 11.3 Å². The summed E-state index contributed by atoms with van der Waals surface area (Å²) in [6.45, 7) is 0.314. The van der Waals surface area contributed by atoms with Crippen LogP contribution in [0.2, 0.25) is 0 Å². The van der Waals surface area contributed by atoms with E-state index in [0.717, 1.165) is 21.3 Å². The van der Waals surface area contributed by atoms with E-state index < -0.39 is 10.0 Å². The van der Waals surface area contributed by atoms with Crippen LogP contribution in [0.15, 0.2) is 46.8 Å². The van der Waals surface area contributed by atoms with E-state index in [4.69, 9.17) is 0 Å². The van der Waals surface area contributed by atoms with Crippen molar-refractivity contribution in [3.8, 4) is 0 Å². The second-order valence-electron chi connectivity index (χ2n) is 5.82. The molecule has 0 aliphatic heterocycles. The smallest absolute Gasteiger partial charge is 0.252 e. The van der Waals surface area contributed by atoms with E-state index in [9.17, 15) is 13.2 Å². The molecule has 6 nitrogen and oxygen atoms in total. The number of hydrogen-bond donors (Lipinski definition) is 2. The molecule has 8 heteroatoms. The molecule has 2 aromatic heterocycles. The van der Waals surface area contributed by atoms with Crippen LogP contribution in [0.5, 0.6) is 0 Å². The fraction of sp³-hybridized carbons (Fsp3) is 0.235. The van der Waals surface area contributed by atoms with Gasteiger partial charge in [-0.2, -0.15) is 0 Å². The molecule has 0 unspecified atom stereocenters. The molecule has 0 spiro atoms. The summed E-state index contributed by atoms with van der Waals surface area (Å²) in [7, 11) is -0.430. The quantitative estimate of drug-likeness (QED) is 0.692. The van der Waals surface area contributed by atoms with E-state index in [1.807, 2.05) is 30.5 Å². The predicted octanol–water partition coefficient (Wildman–Crippen LogP) is 2.34. The zero-order valence-corrected chi connectivity index (χ0v) is 15.6. The molecule has 1 aromatic carbocycles. The summed E-state index contributed by atoms with van der Waals surface area (Å²) in [6.07, 6.45) is 2.12. The van der Waals surface area contributed by atoms with E-state index in [2.05, 4.69) is 10.3 Å². The zero-order valence-electron chi connectivity index (χ0n) is 13.9. The van der Waals surface area contributed by atoms with Crippen LogP contribution in [-0.4, -0.2) is 37.7 Å². The summed E-state index contributed by atoms with van der Waals surface area (Å²) in [5.74, 6) is -0.102. The van der Waals surface area contributed by atoms with Crippen molar-refractivity contribution < 1.29 is 13.2 Å². The minimum Gasteiger partial charge on any atom is -0.361 e. The van der Waals surface area contributed by atoms with Gasteiger partial charge < -0.3 is 10.3 Å². The molecule has 0 fully saturated rings. The molecule has 0 radical (unpaired) electrons. The molecule has 1 amide bonds. The number of aromatic nitrogens is 1. The number of aromatic amines is 1. The van der Waals surface area contributed by atoms with Gasteiger partial charge in [-0.25, -0.2) is 12.7 Å². The number of para-hydroxylation sites is 1. The van der Waals surface area contributed by atoms with Crippen molar-refractivity contribution in [3.05, 3.63) is 53.0 Å². The maximum Gasteiger partial charge on any atom is 0.252 e. The van der Waals surface area contributed by atoms with Crippen LogP contribution in [0.1, 0.15) is 10.4 Å². The first-order chi connectivity index (χ1) is 11.9. The Balaban J connectivity index is 1.62. The first-order valence-corrected chi connectivity index (χ1v) is 9.96. The van der Waals surface area contributed by atoms with Gasteiger partial charge in [0, 0.05) is 36.1 Å². The van der Waals surface area contributed by atoms with E-state index in [1.165, 1.54) is 29.7 Å². The van der Waals surface area contributed by atoms with Crippen molar-refractivity contribution in [1.82, 2.24) is 14.6 Å². The topological polar surface area (TPSA) is 82.3 Å². The number of sulfonamides is 1. The maximum atomic E-state index is 12.2. The lowest BCUT2D eigenvalue weighted by atomic mass is 10.1. The Bertz CT molecular complexity index is 1000. The lowest BCUT2D eigenvalue weighted by molar-refractivity contribution is -0.120. The Hall–Kier alpha value is -2.16. The van der Waals surface area contributed by atoms with Crippen LogP contribution in [0, 0.1) is 0 Å². The highest BCUT2D eigenvalue weighted by Gasteiger charge is 2.19. The number of nitrogens with one attached hydrogen (secondary N) is 2. The highest BCUT2D eigenvalue weighted by atomic mass is 32.2. The van der Waals surface area contributed by atoms with Gasteiger partial charge in [0.05, 0.1) is 13.0 Å². The molecule has 0 bridgehead atoms. The molecule has 132 valence electrons. The van der Waals surface area contributed by atoms with Gasteiger partial charge in [-0.15, -0.1) is 11.3 Å². The Labute approximate surface area is 150 Å². The molecular weight excluding hydrogens is 358 g/mol. The fourth-order valence-electron chi connectivity index (χ4n) is 2.47. The van der Waals surface area contributed by atoms with Crippen molar-refractivity contribution >= 4 is 38.2 Å². The molecular formula is C17H19N3O3S2. The Morgan fingerprint density at radius 3 is 2.72 bits per heavy atom. The standard InChI is InChI=1S/C17H19N3O3S2/c1-20(2)25(22,23)17-8-7-13(24-17)11-19-16(21)9-12-10-18-15-6-4-3-5-14(12)15/h3-8,10,18H,9,11H2,1-2H3,(H,19,21). The molecule has 0 saturated carbocycles. The number of nitrogens with zero attached hydrogens (tertiary/aromatic N) is 1. The number of carbonyl (C=O) groups is 1. The number of amides is 1. The normalized spacial score (nSPS) is 12.0. The lowest BCUT2D eigenvalue weighted by Gasteiger charge is -2.08. The molecule has 0 atom stereocenters. The van der Waals surface area contributed by atoms with E-state index in [-0.39, 0.29) is 16.5 Å². The third kappa shape index (κ3) is 3.76. The molecule has 3 aromatic rings. The van der Waals surface area contributed by atoms with Crippen molar-refractivity contribution in [2.24, 2.45) is 0 Å². The summed E-state index contributed by atoms with van der Waals surface area (Å²) >= 11 is 1.17. The third-order valence-electron chi connectivity index (χ3n) is 3.86. The van der Waals surface area contributed by atoms with Crippen molar-refractivity contribution in [1.29, 1.82) is 0 Å². The summed E-state index contributed by atoms with van der Waals surface area (Å²) < 4.78 is 25.6. The van der Waals surface area contributed by atoms with Crippen LogP contribution < -0.4 is 5.32 Å². The van der Waals surface area contributed by atoms with Crippen molar-refractivity contribution in [2.45, 2.75) is 17.2 Å². The lowest BCUT2D eigenvalue weighted by Crippen LogP contribution is -2.24. The first kappa shape index (κ1) is 17.7. The maximum absolute atomic E-state index is 12.2. The van der Waals surface area contributed by atoms with Gasteiger partial charge in [0.2, 0.25) is 5.91 Å². The SMILES string of the molecule is CN(C)S(=O)(=O)c1ccc(CNC(=O)Cc2c[nH]c3ccccc23)s1. The van der Waals surface area contributed by atoms with Crippen molar-refractivity contribution in [3.63, 3.8) is 0 Å². The second-order valence-corrected chi connectivity index (χ2v) is 9.37. The van der Waals surface area contributed by atoms with Gasteiger partial charge in [0.15, 0.2) is 0 Å². The second kappa shape index (κ2) is 6.99. The molecule has 0 aliphatic rings. The molecule has 0 saturated heterocycles. The van der Waals surface area contributed by atoms with Gasteiger partial charge in [-0.1, -0.05) is 18.2 Å². The monoisotopic (exact) mass is 377 g/mol. The average Bonchev–Trinajstić information content (AvgIpc) is 3.21. The number of H-pyrrole nitrogens is 1. The minimum absolute atomic E-state index is 0.102. The molecule has 3 rings (SSSR count). The number of benzene rings is 1. The number of carbonyl (C=O) groups excluding carboxylic acids is 1. The number of rotatable bonds is 6. The summed E-state index contributed by atoms with van der Waals surface area (Å²) in [5, 5.41) is 3.88. The Morgan fingerprint density at radius 2 is 1.96 bits per heavy atom. The summed E-state index contributed by atoms with van der Waals surface area (Å²) in [4.78, 5) is 16.1. The van der Waals surface area contributed by atoms with Crippen LogP contribution in [0.3, 0.4) is 0 Å². The number of thiophene rings is 1. The van der Waals surface area contributed by atoms with Crippen molar-refractivity contribution in [2.75, 3.05) is 14.1 Å². The highest BCUT2D eigenvalue weighted by molar-refractivity contribution is 7.91. The molecule has 0 aliphatic carbocycles. The largest absolute Gasteiger partial charge is 0.361 e. The highest BCUT2D eigenvalue weighted by Crippen LogP contribution is 2.23. The van der Waals surface area contributed by atoms with Crippen LogP contribution in [0.25, 0.3) is 10.9 Å². The van der Waals surface area contributed by atoms with Gasteiger partial charge in [0.1, 0.15) is 4.21 Å². The molecule has 2 N–H and O–H groups in total. The van der Waals surface area contributed by atoms with E-state index in [0.29, 0.717) is 6.54 Å². The van der Waals surface area contributed by atoms with Crippen LogP contribution in [-0.2, 0) is 27.8 Å². The average molecular weight is 377 g/mol. The Morgan fingerprint density at radius 1 is 1.20 bits per heavy atom. The number of fused-ring (bicyclic) bond motifs is 1. The summed E-state index contributed by atoms with van der Waals surface area (Å²) in [6, 6.07) is 11.1. The first-order valence-electron chi connectivity index (χ1n) is 7.71. The predicted molar refractivity (Wildman–Crippen MR) is 99.0 cm³/mol. The third-order valence-corrected chi connectivity index (χ3v) is 7.23. The van der Waals surface area contributed by atoms with E-state index in [1.54, 1.807) is 12.1 Å². The number of hydrogen-bond acceptors (Lipinski definition) is 4. The van der Waals surface area contributed by atoms with Gasteiger partial charge in [-0.05, 0) is 23.8 Å². The Kier molecular flexibility index (Phi) is 4.94. The van der Waals surface area contributed by atoms with Gasteiger partial charge in [-0.3, -0.25) is 4.79 Å². The summed E-state index contributed by atoms with van der Waals surface area (Å²) in [5.41, 5.74) is 1.94. The molecule has 2 heterocycles. The fourth-order valence-corrected chi connectivity index (χ4v) is 4.94. The van der Waals surface area contributed by atoms with Gasteiger partial charge in [0.25, 0.3) is 10.0 Å². The molecule has 25 heavy (non-hydrogen) atoms.